The second-order valence-electron chi connectivity index (χ2n) is 7.21. The smallest absolute Gasteiger partial charge is 0.264 e. The molecule has 1 N–H and O–H groups in total. The molecule has 9 nitrogen and oxygen atoms in total. The number of sulfonamides is 1. The fourth-order valence-electron chi connectivity index (χ4n) is 3.01. The zero-order chi connectivity index (χ0) is 24.9. The Hall–Kier alpha value is -3.31. The van der Waals surface area contributed by atoms with E-state index in [1.165, 1.54) is 38.6 Å². The third-order valence-corrected chi connectivity index (χ3v) is 7.37. The quantitative estimate of drug-likeness (QED) is 0.318. The Balaban J connectivity index is 1.89. The average Bonchev–Trinajstić information content (AvgIpc) is 3.14. The lowest BCUT2D eigenvalue weighted by Gasteiger charge is -2.24. The van der Waals surface area contributed by atoms with E-state index in [0.29, 0.717) is 23.0 Å². The molecule has 0 aliphatic rings. The molecule has 0 fully saturated rings. The van der Waals surface area contributed by atoms with Crippen LogP contribution in [0, 0.1) is 13.8 Å². The summed E-state index contributed by atoms with van der Waals surface area (Å²) in [7, 11) is -1.27. The Kier molecular flexibility index (Phi) is 8.00. The number of anilines is 1. The van der Waals surface area contributed by atoms with Crippen molar-refractivity contribution >= 4 is 43.8 Å². The maximum Gasteiger partial charge on any atom is 0.264 e. The SMILES string of the molecule is COc1ccc(S(=O)(=O)N(CC(=O)N/N=C\c2cc(Br)c(C)o2)c2ccc(C)cc2)cc1OC. The van der Waals surface area contributed by atoms with E-state index in [1.54, 1.807) is 37.3 Å². The van der Waals surface area contributed by atoms with Crippen molar-refractivity contribution in [3.63, 3.8) is 0 Å². The van der Waals surface area contributed by atoms with Gasteiger partial charge < -0.3 is 13.9 Å². The molecular formula is C23H24BrN3O6S. The van der Waals surface area contributed by atoms with Crippen LogP contribution in [0.4, 0.5) is 5.69 Å². The second kappa shape index (κ2) is 10.7. The highest BCUT2D eigenvalue weighted by Gasteiger charge is 2.28. The normalized spacial score (nSPS) is 11.4. The van der Waals surface area contributed by atoms with E-state index in [1.807, 2.05) is 6.92 Å². The molecule has 0 saturated carbocycles. The molecule has 1 heterocycles. The van der Waals surface area contributed by atoms with Gasteiger partial charge >= 0.3 is 0 Å². The molecular weight excluding hydrogens is 526 g/mol. The van der Waals surface area contributed by atoms with Gasteiger partial charge in [-0.25, -0.2) is 13.8 Å². The number of rotatable bonds is 9. The number of ether oxygens (including phenoxy) is 2. The maximum absolute atomic E-state index is 13.5. The molecule has 0 radical (unpaired) electrons. The summed E-state index contributed by atoms with van der Waals surface area (Å²) in [6, 6.07) is 12.7. The molecule has 0 bridgehead atoms. The van der Waals surface area contributed by atoms with Gasteiger partial charge in [0.1, 0.15) is 18.1 Å². The minimum atomic E-state index is -4.14. The number of hydrazone groups is 1. The van der Waals surface area contributed by atoms with Crippen molar-refractivity contribution in [2.45, 2.75) is 18.7 Å². The van der Waals surface area contributed by atoms with Crippen LogP contribution in [0.15, 0.2) is 67.4 Å². The fraction of sp³-hybridized carbons (Fsp3) is 0.217. The van der Waals surface area contributed by atoms with E-state index in [9.17, 15) is 13.2 Å². The summed E-state index contributed by atoms with van der Waals surface area (Å²) in [6.07, 6.45) is 1.33. The highest BCUT2D eigenvalue weighted by atomic mass is 79.9. The number of carbonyl (C=O) groups excluding carboxylic acids is 1. The predicted molar refractivity (Wildman–Crippen MR) is 132 cm³/mol. The van der Waals surface area contributed by atoms with Crippen LogP contribution in [0.25, 0.3) is 0 Å². The third kappa shape index (κ3) is 5.78. The summed E-state index contributed by atoms with van der Waals surface area (Å²) in [5.41, 5.74) is 3.61. The number of methoxy groups -OCH3 is 2. The standard InChI is InChI=1S/C23H24BrN3O6S/c1-15-5-7-17(8-6-15)27(14-23(28)26-25-13-18-11-20(24)16(2)33-18)34(29,30)19-9-10-21(31-3)22(12-19)32-4/h5-13H,14H2,1-4H3,(H,26,28)/b25-13-. The zero-order valence-corrected chi connectivity index (χ0v) is 21.4. The molecule has 0 aliphatic carbocycles. The van der Waals surface area contributed by atoms with Crippen molar-refractivity contribution in [3.8, 4) is 11.5 Å². The fourth-order valence-corrected chi connectivity index (χ4v) is 4.75. The molecule has 3 aromatic rings. The van der Waals surface area contributed by atoms with E-state index in [0.717, 1.165) is 14.3 Å². The number of hydrogen-bond donors (Lipinski definition) is 1. The number of furan rings is 1. The summed E-state index contributed by atoms with van der Waals surface area (Å²) in [5.74, 6) is 1.09. The first kappa shape index (κ1) is 25.3. The Labute approximate surface area is 206 Å². The topological polar surface area (TPSA) is 110 Å². The third-order valence-electron chi connectivity index (χ3n) is 4.81. The van der Waals surface area contributed by atoms with Gasteiger partial charge in [-0.2, -0.15) is 5.10 Å². The van der Waals surface area contributed by atoms with Gasteiger partial charge in [0.25, 0.3) is 15.9 Å². The van der Waals surface area contributed by atoms with Gasteiger partial charge in [0.2, 0.25) is 0 Å². The van der Waals surface area contributed by atoms with E-state index in [-0.39, 0.29) is 10.6 Å². The summed E-state index contributed by atoms with van der Waals surface area (Å²) in [5, 5.41) is 3.86. The van der Waals surface area contributed by atoms with Gasteiger partial charge in [-0.1, -0.05) is 17.7 Å². The molecule has 2 aromatic carbocycles. The first-order valence-corrected chi connectivity index (χ1v) is 12.3. The van der Waals surface area contributed by atoms with Crippen LogP contribution in [-0.2, 0) is 14.8 Å². The lowest BCUT2D eigenvalue weighted by Crippen LogP contribution is -2.39. The van der Waals surface area contributed by atoms with Gasteiger partial charge in [0.05, 0.1) is 35.5 Å². The van der Waals surface area contributed by atoms with Crippen molar-refractivity contribution in [3.05, 3.63) is 70.1 Å². The molecule has 0 saturated heterocycles. The average molecular weight is 550 g/mol. The summed E-state index contributed by atoms with van der Waals surface area (Å²) in [6.45, 7) is 3.16. The Morgan fingerprint density at radius 1 is 1.09 bits per heavy atom. The van der Waals surface area contributed by atoms with Crippen molar-refractivity contribution in [2.24, 2.45) is 5.10 Å². The van der Waals surface area contributed by atoms with Gasteiger partial charge in [-0.05, 0) is 54.0 Å². The predicted octanol–water partition coefficient (Wildman–Crippen LogP) is 4.02. The Morgan fingerprint density at radius 2 is 1.76 bits per heavy atom. The minimum absolute atomic E-state index is 0.0575. The monoisotopic (exact) mass is 549 g/mol. The Morgan fingerprint density at radius 3 is 2.35 bits per heavy atom. The van der Waals surface area contributed by atoms with E-state index >= 15 is 0 Å². The molecule has 3 rings (SSSR count). The number of aryl methyl sites for hydroxylation is 2. The van der Waals surface area contributed by atoms with Crippen molar-refractivity contribution in [1.29, 1.82) is 0 Å². The van der Waals surface area contributed by atoms with Gasteiger partial charge in [-0.15, -0.1) is 0 Å². The highest BCUT2D eigenvalue weighted by Crippen LogP contribution is 2.32. The van der Waals surface area contributed by atoms with E-state index < -0.39 is 22.5 Å². The number of benzene rings is 2. The molecule has 1 aromatic heterocycles. The van der Waals surface area contributed by atoms with E-state index in [2.05, 4.69) is 26.5 Å². The van der Waals surface area contributed by atoms with Crippen LogP contribution in [-0.4, -0.2) is 41.3 Å². The van der Waals surface area contributed by atoms with Crippen LogP contribution >= 0.6 is 15.9 Å². The van der Waals surface area contributed by atoms with Crippen LogP contribution in [0.2, 0.25) is 0 Å². The van der Waals surface area contributed by atoms with Crippen molar-refractivity contribution in [1.82, 2.24) is 5.43 Å². The number of halogens is 1. The van der Waals surface area contributed by atoms with Crippen LogP contribution in [0.1, 0.15) is 17.1 Å². The summed E-state index contributed by atoms with van der Waals surface area (Å²) < 4.78 is 44.7. The molecule has 0 atom stereocenters. The number of amides is 1. The minimum Gasteiger partial charge on any atom is -0.493 e. The first-order chi connectivity index (χ1) is 16.1. The lowest BCUT2D eigenvalue weighted by molar-refractivity contribution is -0.119. The molecule has 34 heavy (non-hydrogen) atoms. The van der Waals surface area contributed by atoms with Crippen molar-refractivity contribution in [2.75, 3.05) is 25.1 Å². The van der Waals surface area contributed by atoms with Gasteiger partial charge in [0.15, 0.2) is 11.5 Å². The van der Waals surface area contributed by atoms with Gasteiger partial charge in [0, 0.05) is 12.1 Å². The first-order valence-electron chi connectivity index (χ1n) is 10.0. The largest absolute Gasteiger partial charge is 0.493 e. The number of nitrogens with zero attached hydrogens (tertiary/aromatic N) is 2. The van der Waals surface area contributed by atoms with Crippen molar-refractivity contribution < 1.29 is 27.1 Å². The second-order valence-corrected chi connectivity index (χ2v) is 9.93. The zero-order valence-electron chi connectivity index (χ0n) is 19.0. The van der Waals surface area contributed by atoms with Gasteiger partial charge in [-0.3, -0.25) is 9.10 Å². The highest BCUT2D eigenvalue weighted by molar-refractivity contribution is 9.10. The lowest BCUT2D eigenvalue weighted by atomic mass is 10.2. The number of carbonyl (C=O) groups is 1. The molecule has 0 unspecified atom stereocenters. The summed E-state index contributed by atoms with van der Waals surface area (Å²) >= 11 is 3.33. The van der Waals surface area contributed by atoms with Crippen LogP contribution in [0.5, 0.6) is 11.5 Å². The van der Waals surface area contributed by atoms with E-state index in [4.69, 9.17) is 13.9 Å². The maximum atomic E-state index is 13.5. The number of hydrogen-bond acceptors (Lipinski definition) is 7. The summed E-state index contributed by atoms with van der Waals surface area (Å²) in [4.78, 5) is 12.6. The molecule has 0 aliphatic heterocycles. The number of nitrogens with one attached hydrogen (secondary N) is 1. The van der Waals surface area contributed by atoms with Crippen LogP contribution < -0.4 is 19.2 Å². The molecule has 11 heteroatoms. The molecule has 180 valence electrons. The molecule has 1 amide bonds. The van der Waals surface area contributed by atoms with Crippen LogP contribution in [0.3, 0.4) is 0 Å². The molecule has 0 spiro atoms. The Bertz CT molecular complexity index is 1280.